The number of nitrogens with zero attached hydrogens (tertiary/aromatic N) is 5. The van der Waals surface area contributed by atoms with Crippen molar-refractivity contribution < 1.29 is 9.90 Å². The standard InChI is InChI=1S/C26H41N5O2/c1-4-13-29-15-6-8-21(12-17-29)28(3)25(33)20-10-11-24-23(18-20)27-26(31(24)14-5-2)30-16-7-9-22(32)19-30/h10-11,18,21-22,32H,4-9,12-17,19H2,1-3H3. The Morgan fingerprint density at radius 3 is 2.64 bits per heavy atom. The molecule has 2 fully saturated rings. The number of hydrogen-bond donors (Lipinski definition) is 1. The molecule has 2 atom stereocenters. The van der Waals surface area contributed by atoms with Gasteiger partial charge in [0, 0.05) is 44.8 Å². The number of amides is 1. The summed E-state index contributed by atoms with van der Waals surface area (Å²) in [7, 11) is 1.96. The van der Waals surface area contributed by atoms with Crippen LogP contribution in [0.1, 0.15) is 69.2 Å². The van der Waals surface area contributed by atoms with Gasteiger partial charge >= 0.3 is 0 Å². The number of carbonyl (C=O) groups is 1. The van der Waals surface area contributed by atoms with Crippen LogP contribution in [-0.4, -0.2) is 82.3 Å². The highest BCUT2D eigenvalue weighted by molar-refractivity contribution is 5.97. The second-order valence-corrected chi connectivity index (χ2v) is 9.85. The molecule has 0 saturated carbocycles. The van der Waals surface area contributed by atoms with E-state index in [9.17, 15) is 9.90 Å². The summed E-state index contributed by atoms with van der Waals surface area (Å²) >= 11 is 0. The van der Waals surface area contributed by atoms with Crippen molar-refractivity contribution in [2.75, 3.05) is 44.7 Å². The number of aryl methyl sites for hydroxylation is 1. The zero-order valence-corrected chi connectivity index (χ0v) is 20.7. The summed E-state index contributed by atoms with van der Waals surface area (Å²) in [5, 5.41) is 10.2. The first-order chi connectivity index (χ1) is 16.0. The molecule has 2 aromatic rings. The van der Waals surface area contributed by atoms with E-state index >= 15 is 0 Å². The van der Waals surface area contributed by atoms with E-state index in [2.05, 4.69) is 34.3 Å². The molecule has 0 bridgehead atoms. The first-order valence-corrected chi connectivity index (χ1v) is 12.9. The van der Waals surface area contributed by atoms with Crippen LogP contribution in [0.15, 0.2) is 18.2 Å². The number of aliphatic hydroxyl groups is 1. The Hall–Kier alpha value is -2.12. The van der Waals surface area contributed by atoms with Crippen molar-refractivity contribution in [3.8, 4) is 0 Å². The summed E-state index contributed by atoms with van der Waals surface area (Å²) in [6.45, 7) is 10.2. The molecule has 1 aromatic heterocycles. The molecule has 1 aromatic carbocycles. The average molecular weight is 456 g/mol. The summed E-state index contributed by atoms with van der Waals surface area (Å²) in [5.74, 6) is 1.01. The maximum atomic E-state index is 13.4. The molecule has 1 amide bonds. The summed E-state index contributed by atoms with van der Waals surface area (Å²) in [6.07, 6.45) is 6.97. The van der Waals surface area contributed by atoms with Crippen molar-refractivity contribution in [2.24, 2.45) is 0 Å². The summed E-state index contributed by atoms with van der Waals surface area (Å²) < 4.78 is 2.25. The van der Waals surface area contributed by atoms with Crippen LogP contribution in [0.25, 0.3) is 11.0 Å². The lowest BCUT2D eigenvalue weighted by Gasteiger charge is -2.31. The van der Waals surface area contributed by atoms with Crippen molar-refractivity contribution in [1.29, 1.82) is 0 Å². The van der Waals surface area contributed by atoms with Crippen LogP contribution in [0, 0.1) is 0 Å². The van der Waals surface area contributed by atoms with Gasteiger partial charge in [-0.2, -0.15) is 0 Å². The molecule has 1 N–H and O–H groups in total. The minimum atomic E-state index is -0.299. The Morgan fingerprint density at radius 1 is 1.09 bits per heavy atom. The van der Waals surface area contributed by atoms with Crippen molar-refractivity contribution >= 4 is 22.9 Å². The fourth-order valence-electron chi connectivity index (χ4n) is 5.51. The molecule has 182 valence electrons. The fraction of sp³-hybridized carbons (Fsp3) is 0.692. The SMILES string of the molecule is CCCN1CCCC(N(C)C(=O)c2ccc3c(c2)nc(N2CCCC(O)C2)n3CCC)CC1. The third-order valence-corrected chi connectivity index (χ3v) is 7.30. The van der Waals surface area contributed by atoms with E-state index in [1.54, 1.807) is 0 Å². The second kappa shape index (κ2) is 10.9. The maximum absolute atomic E-state index is 13.4. The van der Waals surface area contributed by atoms with Crippen LogP contribution in [-0.2, 0) is 6.54 Å². The lowest BCUT2D eigenvalue weighted by atomic mass is 10.1. The number of aliphatic hydroxyl groups excluding tert-OH is 1. The van der Waals surface area contributed by atoms with Crippen LogP contribution in [0.2, 0.25) is 0 Å². The second-order valence-electron chi connectivity index (χ2n) is 9.85. The number of hydrogen-bond acceptors (Lipinski definition) is 5. The third kappa shape index (κ3) is 5.35. The minimum absolute atomic E-state index is 0.0887. The minimum Gasteiger partial charge on any atom is -0.391 e. The molecular formula is C26H41N5O2. The maximum Gasteiger partial charge on any atom is 0.253 e. The number of aromatic nitrogens is 2. The highest BCUT2D eigenvalue weighted by Gasteiger charge is 2.26. The Labute approximate surface area is 198 Å². The zero-order chi connectivity index (χ0) is 23.4. The van der Waals surface area contributed by atoms with Crippen molar-refractivity contribution in [2.45, 2.75) is 77.5 Å². The number of piperidine rings is 1. The molecular weight excluding hydrogens is 414 g/mol. The smallest absolute Gasteiger partial charge is 0.253 e. The van der Waals surface area contributed by atoms with E-state index in [1.807, 2.05) is 24.1 Å². The number of β-amino-alcohol motifs (C(OH)–C–C–N with tert-alkyl or cyclic N) is 1. The first kappa shape index (κ1) is 24.0. The van der Waals surface area contributed by atoms with Crippen molar-refractivity contribution in [1.82, 2.24) is 19.4 Å². The molecule has 4 rings (SSSR count). The molecule has 2 unspecified atom stereocenters. The molecule has 7 heteroatoms. The predicted molar refractivity (Wildman–Crippen MR) is 134 cm³/mol. The van der Waals surface area contributed by atoms with E-state index in [0.717, 1.165) is 88.2 Å². The molecule has 0 radical (unpaired) electrons. The van der Waals surface area contributed by atoms with Gasteiger partial charge in [0.2, 0.25) is 5.95 Å². The molecule has 2 aliphatic rings. The van der Waals surface area contributed by atoms with E-state index in [-0.39, 0.29) is 18.1 Å². The highest BCUT2D eigenvalue weighted by Crippen LogP contribution is 2.27. The molecule has 2 aliphatic heterocycles. The van der Waals surface area contributed by atoms with Gasteiger partial charge in [-0.1, -0.05) is 13.8 Å². The van der Waals surface area contributed by atoms with E-state index < -0.39 is 0 Å². The quantitative estimate of drug-likeness (QED) is 0.689. The normalized spacial score (nSPS) is 22.5. The van der Waals surface area contributed by atoms with E-state index in [4.69, 9.17) is 4.98 Å². The van der Waals surface area contributed by atoms with Crippen LogP contribution in [0.3, 0.4) is 0 Å². The Bertz CT molecular complexity index is 942. The van der Waals surface area contributed by atoms with Crippen LogP contribution in [0.5, 0.6) is 0 Å². The van der Waals surface area contributed by atoms with Gasteiger partial charge in [0.15, 0.2) is 0 Å². The number of anilines is 1. The summed E-state index contributed by atoms with van der Waals surface area (Å²) in [4.78, 5) is 25.0. The van der Waals surface area contributed by atoms with Crippen LogP contribution < -0.4 is 4.90 Å². The Balaban J connectivity index is 1.55. The van der Waals surface area contributed by atoms with Crippen molar-refractivity contribution in [3.05, 3.63) is 23.8 Å². The average Bonchev–Trinajstić information content (AvgIpc) is 3.00. The van der Waals surface area contributed by atoms with Gasteiger partial charge in [0.05, 0.1) is 17.1 Å². The van der Waals surface area contributed by atoms with Crippen molar-refractivity contribution in [3.63, 3.8) is 0 Å². The van der Waals surface area contributed by atoms with Gasteiger partial charge in [-0.05, 0) is 76.2 Å². The molecule has 33 heavy (non-hydrogen) atoms. The molecule has 2 saturated heterocycles. The van der Waals surface area contributed by atoms with E-state index in [0.29, 0.717) is 12.1 Å². The molecule has 0 spiro atoms. The monoisotopic (exact) mass is 455 g/mol. The Morgan fingerprint density at radius 2 is 1.88 bits per heavy atom. The van der Waals surface area contributed by atoms with Gasteiger partial charge in [-0.25, -0.2) is 4.98 Å². The molecule has 7 nitrogen and oxygen atoms in total. The van der Waals surface area contributed by atoms with Gasteiger partial charge in [0.25, 0.3) is 5.91 Å². The van der Waals surface area contributed by atoms with Gasteiger partial charge in [-0.3, -0.25) is 4.79 Å². The number of likely N-dealkylation sites (tertiary alicyclic amines) is 1. The topological polar surface area (TPSA) is 64.8 Å². The molecule has 3 heterocycles. The van der Waals surface area contributed by atoms with Gasteiger partial charge < -0.3 is 24.4 Å². The number of imidazole rings is 1. The highest BCUT2D eigenvalue weighted by atomic mass is 16.3. The van der Waals surface area contributed by atoms with Crippen LogP contribution >= 0.6 is 0 Å². The molecule has 0 aliphatic carbocycles. The third-order valence-electron chi connectivity index (χ3n) is 7.30. The lowest BCUT2D eigenvalue weighted by Crippen LogP contribution is -2.39. The summed E-state index contributed by atoms with van der Waals surface area (Å²) in [5.41, 5.74) is 2.65. The number of rotatable bonds is 7. The zero-order valence-electron chi connectivity index (χ0n) is 20.7. The lowest BCUT2D eigenvalue weighted by molar-refractivity contribution is 0.0718. The van der Waals surface area contributed by atoms with Crippen LogP contribution in [0.4, 0.5) is 5.95 Å². The summed E-state index contributed by atoms with van der Waals surface area (Å²) in [6, 6.07) is 6.27. The fourth-order valence-corrected chi connectivity index (χ4v) is 5.51. The first-order valence-electron chi connectivity index (χ1n) is 12.9. The number of fused-ring (bicyclic) bond motifs is 1. The number of carbonyl (C=O) groups excluding carboxylic acids is 1. The number of benzene rings is 1. The van der Waals surface area contributed by atoms with Gasteiger partial charge in [0.1, 0.15) is 0 Å². The van der Waals surface area contributed by atoms with Gasteiger partial charge in [-0.15, -0.1) is 0 Å². The predicted octanol–water partition coefficient (Wildman–Crippen LogP) is 3.74. The largest absolute Gasteiger partial charge is 0.391 e. The Kier molecular flexibility index (Phi) is 7.91. The van der Waals surface area contributed by atoms with E-state index in [1.165, 1.54) is 6.42 Å².